The van der Waals surface area contributed by atoms with Crippen molar-refractivity contribution < 1.29 is 4.79 Å². The predicted molar refractivity (Wildman–Crippen MR) is 67.1 cm³/mol. The summed E-state index contributed by atoms with van der Waals surface area (Å²) in [4.78, 5) is 11.7. The quantitative estimate of drug-likeness (QED) is 0.830. The Bertz CT molecular complexity index is 354. The molecule has 1 rings (SSSR count). The molecule has 1 heterocycles. The van der Waals surface area contributed by atoms with Crippen LogP contribution in [-0.2, 0) is 4.79 Å². The van der Waals surface area contributed by atoms with Crippen molar-refractivity contribution in [1.29, 1.82) is 0 Å². The molecule has 0 fully saturated rings. The second-order valence-corrected chi connectivity index (χ2v) is 5.36. The van der Waals surface area contributed by atoms with Gasteiger partial charge in [0.15, 0.2) is 0 Å². The molecule has 16 heavy (non-hydrogen) atoms. The Morgan fingerprint density at radius 2 is 2.12 bits per heavy atom. The minimum atomic E-state index is -0.0936. The lowest BCUT2D eigenvalue weighted by Gasteiger charge is -2.07. The largest absolute Gasteiger partial charge is 0.300 e. The van der Waals surface area contributed by atoms with Crippen molar-refractivity contribution in [1.82, 2.24) is 10.2 Å². The topological polar surface area (TPSA) is 54.9 Å². The van der Waals surface area contributed by atoms with Gasteiger partial charge in [-0.25, -0.2) is 0 Å². The molecular formula is C10H16ClN3OS. The molecule has 0 spiro atoms. The lowest BCUT2D eigenvalue weighted by Crippen LogP contribution is -2.20. The van der Waals surface area contributed by atoms with Crippen molar-refractivity contribution in [2.45, 2.75) is 33.1 Å². The Hall–Kier alpha value is -0.680. The normalized spacial score (nSPS) is 12.8. The fourth-order valence-corrected chi connectivity index (χ4v) is 2.12. The molecule has 1 amide bonds. The third-order valence-electron chi connectivity index (χ3n) is 2.15. The average molecular weight is 262 g/mol. The summed E-state index contributed by atoms with van der Waals surface area (Å²) in [6.45, 7) is 5.94. The third kappa shape index (κ3) is 3.72. The minimum absolute atomic E-state index is 0.0490. The van der Waals surface area contributed by atoms with E-state index in [4.69, 9.17) is 11.6 Å². The Labute approximate surface area is 104 Å². The van der Waals surface area contributed by atoms with Crippen LogP contribution >= 0.6 is 22.9 Å². The van der Waals surface area contributed by atoms with Crippen LogP contribution in [0.15, 0.2) is 0 Å². The highest BCUT2D eigenvalue weighted by molar-refractivity contribution is 7.15. The van der Waals surface area contributed by atoms with Crippen LogP contribution in [0.5, 0.6) is 0 Å². The molecule has 1 N–H and O–H groups in total. The molecule has 0 aliphatic rings. The molecule has 1 aromatic heterocycles. The molecule has 1 aromatic rings. The summed E-state index contributed by atoms with van der Waals surface area (Å²) in [7, 11) is 0. The number of rotatable bonds is 5. The molecular weight excluding hydrogens is 246 g/mol. The molecule has 0 aromatic carbocycles. The number of amides is 1. The van der Waals surface area contributed by atoms with Crippen molar-refractivity contribution in [3.8, 4) is 0 Å². The molecule has 0 bridgehead atoms. The number of carbonyl (C=O) groups excluding carboxylic acids is 1. The van der Waals surface area contributed by atoms with E-state index in [1.54, 1.807) is 0 Å². The van der Waals surface area contributed by atoms with Gasteiger partial charge in [-0.3, -0.25) is 4.79 Å². The van der Waals surface area contributed by atoms with Gasteiger partial charge < -0.3 is 5.32 Å². The van der Waals surface area contributed by atoms with Gasteiger partial charge in [0.25, 0.3) is 0 Å². The fourth-order valence-electron chi connectivity index (χ4n) is 1.04. The number of nitrogens with one attached hydrogen (secondary N) is 1. The number of alkyl halides is 1. The first kappa shape index (κ1) is 13.4. The van der Waals surface area contributed by atoms with Gasteiger partial charge in [-0.2, -0.15) is 0 Å². The minimum Gasteiger partial charge on any atom is -0.300 e. The first-order chi connectivity index (χ1) is 7.54. The molecule has 0 saturated carbocycles. The lowest BCUT2D eigenvalue weighted by atomic mass is 10.1. The van der Waals surface area contributed by atoms with E-state index in [2.05, 4.69) is 15.5 Å². The summed E-state index contributed by atoms with van der Waals surface area (Å²) in [5.74, 6) is 0.682. The van der Waals surface area contributed by atoms with E-state index in [9.17, 15) is 4.79 Å². The van der Waals surface area contributed by atoms with Gasteiger partial charge in [0, 0.05) is 17.7 Å². The van der Waals surface area contributed by atoms with Crippen LogP contribution in [0.1, 0.15) is 38.1 Å². The smallest absolute Gasteiger partial charge is 0.229 e. The van der Waals surface area contributed by atoms with Gasteiger partial charge >= 0.3 is 0 Å². The Balaban J connectivity index is 2.56. The Morgan fingerprint density at radius 1 is 1.44 bits per heavy atom. The summed E-state index contributed by atoms with van der Waals surface area (Å²) in [5, 5.41) is 12.2. The number of anilines is 1. The molecule has 0 aliphatic carbocycles. The zero-order valence-electron chi connectivity index (χ0n) is 9.66. The fraction of sp³-hybridized carbons (Fsp3) is 0.700. The highest BCUT2D eigenvalue weighted by Crippen LogP contribution is 2.22. The van der Waals surface area contributed by atoms with Crippen molar-refractivity contribution in [3.63, 3.8) is 0 Å². The molecule has 1 atom stereocenters. The van der Waals surface area contributed by atoms with E-state index >= 15 is 0 Å². The maximum atomic E-state index is 11.7. The molecule has 0 radical (unpaired) electrons. The second-order valence-electron chi connectivity index (χ2n) is 3.97. The Kier molecular flexibility index (Phi) is 5.15. The highest BCUT2D eigenvalue weighted by Gasteiger charge is 2.15. The second kappa shape index (κ2) is 6.15. The van der Waals surface area contributed by atoms with Crippen LogP contribution < -0.4 is 5.32 Å². The summed E-state index contributed by atoms with van der Waals surface area (Å²) in [6.07, 6.45) is 0.670. The molecule has 4 nitrogen and oxygen atoms in total. The maximum absolute atomic E-state index is 11.7. The first-order valence-corrected chi connectivity index (χ1v) is 6.60. The van der Waals surface area contributed by atoms with Crippen LogP contribution in [0, 0.1) is 5.92 Å². The number of aromatic nitrogens is 2. The predicted octanol–water partition coefficient (Wildman–Crippen LogP) is 2.87. The van der Waals surface area contributed by atoms with Crippen molar-refractivity contribution in [2.24, 2.45) is 5.92 Å². The van der Waals surface area contributed by atoms with Crippen LogP contribution in [0.2, 0.25) is 0 Å². The highest BCUT2D eigenvalue weighted by atomic mass is 35.5. The van der Waals surface area contributed by atoms with Gasteiger partial charge in [-0.05, 0) is 6.42 Å². The molecule has 90 valence electrons. The maximum Gasteiger partial charge on any atom is 0.229 e. The summed E-state index contributed by atoms with van der Waals surface area (Å²) >= 11 is 7.00. The number of carbonyl (C=O) groups is 1. The Morgan fingerprint density at radius 3 is 2.62 bits per heavy atom. The van der Waals surface area contributed by atoms with Gasteiger partial charge in [-0.15, -0.1) is 21.8 Å². The van der Waals surface area contributed by atoms with Crippen LogP contribution in [-0.4, -0.2) is 22.0 Å². The van der Waals surface area contributed by atoms with Crippen LogP contribution in [0.4, 0.5) is 5.13 Å². The monoisotopic (exact) mass is 261 g/mol. The van der Waals surface area contributed by atoms with Crippen molar-refractivity contribution >= 4 is 34.0 Å². The van der Waals surface area contributed by atoms with Gasteiger partial charge in [0.1, 0.15) is 5.01 Å². The van der Waals surface area contributed by atoms with E-state index < -0.39 is 0 Å². The number of hydrogen-bond donors (Lipinski definition) is 1. The SMILES string of the molecule is CC(CCCl)C(=O)Nc1nnc(C(C)C)s1. The molecule has 0 saturated heterocycles. The third-order valence-corrected chi connectivity index (χ3v) is 3.51. The average Bonchev–Trinajstić information content (AvgIpc) is 2.66. The number of nitrogens with zero attached hydrogens (tertiary/aromatic N) is 2. The zero-order valence-corrected chi connectivity index (χ0v) is 11.2. The van der Waals surface area contributed by atoms with E-state index in [-0.39, 0.29) is 11.8 Å². The molecule has 1 unspecified atom stereocenters. The zero-order chi connectivity index (χ0) is 12.1. The van der Waals surface area contributed by atoms with Gasteiger partial charge in [-0.1, -0.05) is 32.1 Å². The van der Waals surface area contributed by atoms with Crippen molar-refractivity contribution in [3.05, 3.63) is 5.01 Å². The summed E-state index contributed by atoms with van der Waals surface area (Å²) < 4.78 is 0. The van der Waals surface area contributed by atoms with Gasteiger partial charge in [0.05, 0.1) is 0 Å². The first-order valence-electron chi connectivity index (χ1n) is 5.24. The van der Waals surface area contributed by atoms with Gasteiger partial charge in [0.2, 0.25) is 11.0 Å². The van der Waals surface area contributed by atoms with Crippen LogP contribution in [0.25, 0.3) is 0 Å². The van der Waals surface area contributed by atoms with E-state index in [0.29, 0.717) is 23.4 Å². The molecule has 6 heteroatoms. The summed E-state index contributed by atoms with van der Waals surface area (Å²) in [5.41, 5.74) is 0. The number of halogens is 1. The van der Waals surface area contributed by atoms with Crippen molar-refractivity contribution in [2.75, 3.05) is 11.2 Å². The van der Waals surface area contributed by atoms with E-state index in [1.165, 1.54) is 11.3 Å². The van der Waals surface area contributed by atoms with E-state index in [0.717, 1.165) is 5.01 Å². The summed E-state index contributed by atoms with van der Waals surface area (Å²) in [6, 6.07) is 0. The lowest BCUT2D eigenvalue weighted by molar-refractivity contribution is -0.119. The molecule has 0 aliphatic heterocycles. The van der Waals surface area contributed by atoms with Crippen LogP contribution in [0.3, 0.4) is 0 Å². The number of hydrogen-bond acceptors (Lipinski definition) is 4. The standard InChI is InChI=1S/C10H16ClN3OS/c1-6(2)9-13-14-10(16-9)12-8(15)7(3)4-5-11/h6-7H,4-5H2,1-3H3,(H,12,14,15). The van der Waals surface area contributed by atoms with E-state index in [1.807, 2.05) is 20.8 Å².